The SMILES string of the molecule is COc1ccc2c(c1)OC1(CSCC(C)(C)C1)C[C@H]2N. The lowest BCUT2D eigenvalue weighted by Crippen LogP contribution is -2.51. The minimum atomic E-state index is -0.120. The molecule has 0 saturated carbocycles. The number of fused-ring (bicyclic) bond motifs is 1. The third kappa shape index (κ3) is 2.51. The first-order valence-corrected chi connectivity index (χ1v) is 8.29. The molecule has 1 aromatic carbocycles. The first kappa shape index (κ1) is 14.1. The van der Waals surface area contributed by atoms with Crippen LogP contribution in [0.2, 0.25) is 0 Å². The zero-order valence-electron chi connectivity index (χ0n) is 12.4. The molecule has 2 N–H and O–H groups in total. The lowest BCUT2D eigenvalue weighted by molar-refractivity contribution is 0.0165. The van der Waals surface area contributed by atoms with Gasteiger partial charge < -0.3 is 15.2 Å². The van der Waals surface area contributed by atoms with E-state index in [2.05, 4.69) is 13.8 Å². The normalized spacial score (nSPS) is 31.5. The van der Waals surface area contributed by atoms with Crippen molar-refractivity contribution >= 4 is 11.8 Å². The van der Waals surface area contributed by atoms with Crippen molar-refractivity contribution < 1.29 is 9.47 Å². The molecular weight excluding hydrogens is 270 g/mol. The van der Waals surface area contributed by atoms with E-state index < -0.39 is 0 Å². The van der Waals surface area contributed by atoms with E-state index in [4.69, 9.17) is 15.2 Å². The van der Waals surface area contributed by atoms with Gasteiger partial charge in [-0.15, -0.1) is 0 Å². The molecule has 110 valence electrons. The summed E-state index contributed by atoms with van der Waals surface area (Å²) in [5.74, 6) is 3.95. The Hall–Kier alpha value is -0.870. The van der Waals surface area contributed by atoms with Crippen LogP contribution < -0.4 is 15.2 Å². The van der Waals surface area contributed by atoms with Crippen LogP contribution >= 0.6 is 11.8 Å². The fourth-order valence-corrected chi connectivity index (χ4v) is 4.91. The van der Waals surface area contributed by atoms with Crippen molar-refractivity contribution in [2.75, 3.05) is 18.6 Å². The van der Waals surface area contributed by atoms with Gasteiger partial charge in [0.05, 0.1) is 7.11 Å². The molecule has 2 aliphatic heterocycles. The zero-order valence-corrected chi connectivity index (χ0v) is 13.3. The van der Waals surface area contributed by atoms with Crippen molar-refractivity contribution in [3.05, 3.63) is 23.8 Å². The first-order chi connectivity index (χ1) is 9.43. The fourth-order valence-electron chi connectivity index (χ4n) is 3.51. The lowest BCUT2D eigenvalue weighted by Gasteiger charge is -2.48. The smallest absolute Gasteiger partial charge is 0.128 e. The maximum absolute atomic E-state index is 6.43. The predicted molar refractivity (Wildman–Crippen MR) is 83.6 cm³/mol. The third-order valence-corrected chi connectivity index (χ3v) is 5.91. The average Bonchev–Trinajstić information content (AvgIpc) is 2.36. The Morgan fingerprint density at radius 3 is 2.85 bits per heavy atom. The van der Waals surface area contributed by atoms with Crippen molar-refractivity contribution in [2.24, 2.45) is 11.1 Å². The van der Waals surface area contributed by atoms with Crippen LogP contribution in [0.25, 0.3) is 0 Å². The van der Waals surface area contributed by atoms with Gasteiger partial charge >= 0.3 is 0 Å². The van der Waals surface area contributed by atoms with Crippen molar-refractivity contribution in [2.45, 2.75) is 38.3 Å². The lowest BCUT2D eigenvalue weighted by atomic mass is 9.76. The monoisotopic (exact) mass is 293 g/mol. The van der Waals surface area contributed by atoms with E-state index in [1.807, 2.05) is 30.0 Å². The summed E-state index contributed by atoms with van der Waals surface area (Å²) in [7, 11) is 1.68. The second-order valence-electron chi connectivity index (χ2n) is 6.83. The Labute approximate surface area is 125 Å². The number of ether oxygens (including phenoxy) is 2. The summed E-state index contributed by atoms with van der Waals surface area (Å²) >= 11 is 1.98. The molecule has 0 radical (unpaired) electrons. The van der Waals surface area contributed by atoms with Crippen LogP contribution in [0.3, 0.4) is 0 Å². The zero-order chi connectivity index (χ0) is 14.4. The Balaban J connectivity index is 1.94. The number of nitrogens with two attached hydrogens (primary N) is 1. The molecule has 0 amide bonds. The molecule has 4 heteroatoms. The van der Waals surface area contributed by atoms with Crippen LogP contribution in [0.5, 0.6) is 11.5 Å². The molecule has 1 saturated heterocycles. The molecule has 1 unspecified atom stereocenters. The van der Waals surface area contributed by atoms with Gasteiger partial charge in [-0.1, -0.05) is 19.9 Å². The van der Waals surface area contributed by atoms with E-state index >= 15 is 0 Å². The van der Waals surface area contributed by atoms with Crippen LogP contribution in [0.15, 0.2) is 18.2 Å². The van der Waals surface area contributed by atoms with Gasteiger partial charge in [0.25, 0.3) is 0 Å². The summed E-state index contributed by atoms with van der Waals surface area (Å²) in [6.45, 7) is 4.63. The highest BCUT2D eigenvalue weighted by Gasteiger charge is 2.46. The van der Waals surface area contributed by atoms with Crippen LogP contribution in [0, 0.1) is 5.41 Å². The molecule has 1 fully saturated rings. The highest BCUT2D eigenvalue weighted by atomic mass is 32.2. The van der Waals surface area contributed by atoms with Crippen LogP contribution in [-0.4, -0.2) is 24.2 Å². The molecule has 3 rings (SSSR count). The Morgan fingerprint density at radius 1 is 1.35 bits per heavy atom. The number of methoxy groups -OCH3 is 1. The summed E-state index contributed by atoms with van der Waals surface area (Å²) in [4.78, 5) is 0. The molecule has 1 spiro atoms. The minimum Gasteiger partial charge on any atom is -0.497 e. The molecule has 0 bridgehead atoms. The van der Waals surface area contributed by atoms with Crippen LogP contribution in [-0.2, 0) is 0 Å². The third-order valence-electron chi connectivity index (χ3n) is 4.20. The molecule has 2 aliphatic rings. The van der Waals surface area contributed by atoms with Gasteiger partial charge in [-0.2, -0.15) is 11.8 Å². The van der Waals surface area contributed by atoms with Gasteiger partial charge in [-0.25, -0.2) is 0 Å². The molecule has 1 aromatic rings. The summed E-state index contributed by atoms with van der Waals surface area (Å²) in [5, 5.41) is 0. The summed E-state index contributed by atoms with van der Waals surface area (Å²) in [6, 6.07) is 6.02. The highest BCUT2D eigenvalue weighted by Crippen LogP contribution is 2.49. The van der Waals surface area contributed by atoms with Crippen LogP contribution in [0.1, 0.15) is 38.3 Å². The highest BCUT2D eigenvalue weighted by molar-refractivity contribution is 7.99. The van der Waals surface area contributed by atoms with Gasteiger partial charge in [0.2, 0.25) is 0 Å². The van der Waals surface area contributed by atoms with E-state index in [1.54, 1.807) is 7.11 Å². The minimum absolute atomic E-state index is 0.0548. The Kier molecular flexibility index (Phi) is 3.41. The van der Waals surface area contributed by atoms with Gasteiger partial charge in [0.15, 0.2) is 0 Å². The van der Waals surface area contributed by atoms with E-state index in [0.717, 1.165) is 35.7 Å². The maximum Gasteiger partial charge on any atom is 0.128 e. The van der Waals surface area contributed by atoms with Crippen LogP contribution in [0.4, 0.5) is 0 Å². The summed E-state index contributed by atoms with van der Waals surface area (Å²) < 4.78 is 11.7. The van der Waals surface area contributed by atoms with Crippen molar-refractivity contribution in [1.82, 2.24) is 0 Å². The van der Waals surface area contributed by atoms with Crippen molar-refractivity contribution in [1.29, 1.82) is 0 Å². The van der Waals surface area contributed by atoms with Crippen molar-refractivity contribution in [3.8, 4) is 11.5 Å². The summed E-state index contributed by atoms with van der Waals surface area (Å²) in [6.07, 6.45) is 1.97. The van der Waals surface area contributed by atoms with Gasteiger partial charge in [0, 0.05) is 29.8 Å². The number of hydrogen-bond donors (Lipinski definition) is 1. The average molecular weight is 293 g/mol. The molecular formula is C16H23NO2S. The molecule has 2 atom stereocenters. The number of hydrogen-bond acceptors (Lipinski definition) is 4. The van der Waals surface area contributed by atoms with Gasteiger partial charge in [0.1, 0.15) is 17.1 Å². The molecule has 20 heavy (non-hydrogen) atoms. The number of rotatable bonds is 1. The summed E-state index contributed by atoms with van der Waals surface area (Å²) in [5.41, 5.74) is 7.69. The number of benzene rings is 1. The second-order valence-corrected chi connectivity index (χ2v) is 7.82. The van der Waals surface area contributed by atoms with E-state index in [1.165, 1.54) is 5.75 Å². The quantitative estimate of drug-likeness (QED) is 0.862. The molecule has 0 aromatic heterocycles. The van der Waals surface area contributed by atoms with E-state index in [9.17, 15) is 0 Å². The molecule has 3 nitrogen and oxygen atoms in total. The van der Waals surface area contributed by atoms with Gasteiger partial charge in [-0.05, 0) is 23.7 Å². The first-order valence-electron chi connectivity index (χ1n) is 7.13. The van der Waals surface area contributed by atoms with E-state index in [-0.39, 0.29) is 11.6 Å². The fraction of sp³-hybridized carbons (Fsp3) is 0.625. The Bertz CT molecular complexity index is 517. The molecule has 2 heterocycles. The predicted octanol–water partition coefficient (Wildman–Crippen LogP) is 3.38. The van der Waals surface area contributed by atoms with E-state index in [0.29, 0.717) is 5.41 Å². The molecule has 0 aliphatic carbocycles. The topological polar surface area (TPSA) is 44.5 Å². The maximum atomic E-state index is 6.43. The number of thioether (sulfide) groups is 1. The largest absolute Gasteiger partial charge is 0.497 e. The van der Waals surface area contributed by atoms with Gasteiger partial charge in [-0.3, -0.25) is 0 Å². The Morgan fingerprint density at radius 2 is 2.15 bits per heavy atom. The standard InChI is InChI=1S/C16H23NO2S/c1-15(2)8-16(10-20-9-15)7-13(17)12-5-4-11(18-3)6-14(12)19-16/h4-6,13H,7-10,17H2,1-3H3/t13-,16?/m1/s1. The van der Waals surface area contributed by atoms with Crippen molar-refractivity contribution in [3.63, 3.8) is 0 Å². The second kappa shape index (κ2) is 4.85.